The van der Waals surface area contributed by atoms with Crippen molar-refractivity contribution in [1.29, 1.82) is 0 Å². The van der Waals surface area contributed by atoms with E-state index in [1.54, 1.807) is 0 Å². The third kappa shape index (κ3) is 5.58. The van der Waals surface area contributed by atoms with Crippen LogP contribution in [0.1, 0.15) is 79.0 Å². The van der Waals surface area contributed by atoms with Gasteiger partial charge in [-0.3, -0.25) is 4.40 Å². The second kappa shape index (κ2) is 13.9. The molecule has 0 aliphatic heterocycles. The third-order valence-corrected chi connectivity index (χ3v) is 16.3. The Balaban J connectivity index is 1.07. The molecule has 0 N–H and O–H groups in total. The van der Waals surface area contributed by atoms with Crippen molar-refractivity contribution < 1.29 is 4.42 Å². The lowest BCUT2D eigenvalue weighted by Gasteiger charge is -2.22. The minimum Gasteiger partial charge on any atom is -0.439 e. The third-order valence-electron chi connectivity index (χ3n) is 16.3. The van der Waals surface area contributed by atoms with Gasteiger partial charge in [-0.2, -0.15) is 0 Å². The van der Waals surface area contributed by atoms with Gasteiger partial charge in [0.05, 0.1) is 44.0 Å². The number of rotatable bonds is 3. The molecule has 6 heterocycles. The van der Waals surface area contributed by atoms with Gasteiger partial charge >= 0.3 is 0 Å². The Labute approximate surface area is 418 Å². The second-order valence-corrected chi connectivity index (χ2v) is 23.8. The number of benzene rings is 9. The van der Waals surface area contributed by atoms with Crippen LogP contribution in [-0.4, -0.2) is 13.4 Å². The fourth-order valence-electron chi connectivity index (χ4n) is 12.5. The van der Waals surface area contributed by atoms with Gasteiger partial charge in [0.25, 0.3) is 0 Å². The zero-order valence-corrected chi connectivity index (χ0v) is 42.4. The molecular formula is C68H55N3O. The Bertz CT molecular complexity index is 4780. The molecular weight excluding hydrogens is 875 g/mol. The molecule has 0 aliphatic rings. The van der Waals surface area contributed by atoms with Gasteiger partial charge in [0.1, 0.15) is 5.58 Å². The van der Waals surface area contributed by atoms with Crippen molar-refractivity contribution in [3.63, 3.8) is 0 Å². The zero-order valence-electron chi connectivity index (χ0n) is 42.4. The van der Waals surface area contributed by atoms with E-state index in [0.29, 0.717) is 0 Å². The molecule has 0 saturated carbocycles. The molecule has 6 aromatic heterocycles. The predicted octanol–water partition coefficient (Wildman–Crippen LogP) is 19.1. The SMILES string of the molecule is CC(C)(C)c1cc(-c2ccc3c(c2)c2ccccc2n3-c2cccc(-c3ccccc3)c2)c2c(c1)c1cc(C(C)(C)C)cc3c4cc5c(cc4n2c31)c1cc(C(C)(C)C)cc2c3c4ccccc4oc3n5c12. The molecule has 0 atom stereocenters. The topological polar surface area (TPSA) is 26.9 Å². The van der Waals surface area contributed by atoms with Crippen LogP contribution < -0.4 is 0 Å². The van der Waals surface area contributed by atoms with Crippen LogP contribution in [0.4, 0.5) is 0 Å². The standard InChI is InChI=1S/C68H55N3O/c1-66(2,3)41-30-47(40-26-27-57-48(29-40)45-22-13-15-24-56(45)69(57)44-21-17-20-39(28-44)38-18-11-10-12-19-38)62-53(33-41)54-34-42(67(4,5)6)31-51-49-37-59-50(36-58(49)70(62)63(51)54)52-32-43(68(7,8)9)35-55-61-46-23-14-16-25-60(46)72-65(61)71(59)64(52)55/h10-37H,1-9H3. The number of nitrogens with zero attached hydrogens (tertiary/aromatic N) is 3. The molecule has 0 aliphatic carbocycles. The van der Waals surface area contributed by atoms with Gasteiger partial charge < -0.3 is 13.4 Å². The minimum atomic E-state index is -0.0898. The van der Waals surface area contributed by atoms with E-state index in [4.69, 9.17) is 4.42 Å². The molecule has 15 rings (SSSR count). The Kier molecular flexibility index (Phi) is 8.02. The molecule has 72 heavy (non-hydrogen) atoms. The lowest BCUT2D eigenvalue weighted by atomic mass is 9.83. The highest BCUT2D eigenvalue weighted by atomic mass is 16.3. The van der Waals surface area contributed by atoms with E-state index < -0.39 is 0 Å². The van der Waals surface area contributed by atoms with Crippen LogP contribution in [0.3, 0.4) is 0 Å². The van der Waals surface area contributed by atoms with Crippen LogP contribution >= 0.6 is 0 Å². The summed E-state index contributed by atoms with van der Waals surface area (Å²) >= 11 is 0. The van der Waals surface area contributed by atoms with E-state index in [1.165, 1.54) is 137 Å². The highest BCUT2D eigenvalue weighted by Crippen LogP contribution is 2.50. The fraction of sp³-hybridized carbons (Fsp3) is 0.176. The van der Waals surface area contributed by atoms with Crippen molar-refractivity contribution in [2.24, 2.45) is 0 Å². The van der Waals surface area contributed by atoms with Gasteiger partial charge in [-0.25, -0.2) is 0 Å². The Morgan fingerprint density at radius 1 is 0.333 bits per heavy atom. The van der Waals surface area contributed by atoms with E-state index in [0.717, 1.165) is 17.0 Å². The molecule has 4 heteroatoms. The first-order valence-electron chi connectivity index (χ1n) is 25.7. The summed E-state index contributed by atoms with van der Waals surface area (Å²) in [6, 6.07) is 64.3. The van der Waals surface area contributed by atoms with Gasteiger partial charge in [-0.1, -0.05) is 147 Å². The number of furan rings is 1. The smallest absolute Gasteiger partial charge is 0.213 e. The van der Waals surface area contributed by atoms with E-state index in [1.807, 2.05) is 0 Å². The molecule has 0 bridgehead atoms. The molecule has 0 fully saturated rings. The summed E-state index contributed by atoms with van der Waals surface area (Å²) < 4.78 is 14.4. The molecule has 348 valence electrons. The fourth-order valence-corrected chi connectivity index (χ4v) is 12.5. The normalized spacial score (nSPS) is 13.3. The average Bonchev–Trinajstić information content (AvgIpc) is 4.20. The largest absolute Gasteiger partial charge is 0.439 e. The van der Waals surface area contributed by atoms with Gasteiger partial charge in [-0.15, -0.1) is 0 Å². The van der Waals surface area contributed by atoms with Crippen LogP contribution in [0.15, 0.2) is 174 Å². The highest BCUT2D eigenvalue weighted by molar-refractivity contribution is 6.32. The summed E-state index contributed by atoms with van der Waals surface area (Å²) in [5, 5.41) is 13.8. The summed E-state index contributed by atoms with van der Waals surface area (Å²) in [4.78, 5) is 0. The lowest BCUT2D eigenvalue weighted by molar-refractivity contribution is 0.591. The minimum absolute atomic E-state index is 0.0558. The maximum Gasteiger partial charge on any atom is 0.213 e. The summed E-state index contributed by atoms with van der Waals surface area (Å²) in [6.45, 7) is 21.1. The maximum atomic E-state index is 6.89. The van der Waals surface area contributed by atoms with Gasteiger partial charge in [-0.05, 0) is 135 Å². The molecule has 0 unspecified atom stereocenters. The van der Waals surface area contributed by atoms with Crippen LogP contribution in [0.2, 0.25) is 0 Å². The summed E-state index contributed by atoms with van der Waals surface area (Å²) in [6.07, 6.45) is 0. The molecule has 15 aromatic rings. The Hall–Kier alpha value is -8.08. The first kappa shape index (κ1) is 41.7. The Morgan fingerprint density at radius 2 is 0.861 bits per heavy atom. The van der Waals surface area contributed by atoms with E-state index >= 15 is 0 Å². The number of fused-ring (bicyclic) bond motifs is 17. The van der Waals surface area contributed by atoms with Crippen LogP contribution in [-0.2, 0) is 16.2 Å². The van der Waals surface area contributed by atoms with Crippen molar-refractivity contribution in [2.75, 3.05) is 0 Å². The van der Waals surface area contributed by atoms with Crippen molar-refractivity contribution >= 4 is 109 Å². The average molecular weight is 930 g/mol. The quantitative estimate of drug-likeness (QED) is 0.173. The maximum absolute atomic E-state index is 6.89. The van der Waals surface area contributed by atoms with Crippen molar-refractivity contribution in [3.05, 3.63) is 187 Å². The number of hydrogen-bond donors (Lipinski definition) is 0. The Morgan fingerprint density at radius 3 is 1.56 bits per heavy atom. The van der Waals surface area contributed by atoms with Crippen LogP contribution in [0.5, 0.6) is 0 Å². The highest BCUT2D eigenvalue weighted by Gasteiger charge is 2.30. The second-order valence-electron chi connectivity index (χ2n) is 23.8. The van der Waals surface area contributed by atoms with Crippen LogP contribution in [0.25, 0.3) is 137 Å². The number of aromatic nitrogens is 3. The molecule has 0 saturated heterocycles. The zero-order chi connectivity index (χ0) is 48.9. The van der Waals surface area contributed by atoms with Gasteiger partial charge in [0, 0.05) is 65.1 Å². The molecule has 0 radical (unpaired) electrons. The molecule has 0 amide bonds. The van der Waals surface area contributed by atoms with Gasteiger partial charge in [0.15, 0.2) is 0 Å². The van der Waals surface area contributed by atoms with Crippen LogP contribution in [0, 0.1) is 0 Å². The van der Waals surface area contributed by atoms with Gasteiger partial charge in [0.2, 0.25) is 5.71 Å². The number of para-hydroxylation sites is 2. The summed E-state index contributed by atoms with van der Waals surface area (Å²) in [7, 11) is 0. The summed E-state index contributed by atoms with van der Waals surface area (Å²) in [5.74, 6) is 0. The lowest BCUT2D eigenvalue weighted by Crippen LogP contribution is -2.11. The molecule has 0 spiro atoms. The van der Waals surface area contributed by atoms with Crippen molar-refractivity contribution in [3.8, 4) is 27.9 Å². The van der Waals surface area contributed by atoms with E-state index in [9.17, 15) is 0 Å². The molecule has 4 nitrogen and oxygen atoms in total. The van der Waals surface area contributed by atoms with E-state index in [2.05, 4.69) is 246 Å². The summed E-state index contributed by atoms with van der Waals surface area (Å²) in [5.41, 5.74) is 20.3. The van der Waals surface area contributed by atoms with Crippen molar-refractivity contribution in [2.45, 2.75) is 78.6 Å². The predicted molar refractivity (Wildman–Crippen MR) is 307 cm³/mol. The monoisotopic (exact) mass is 929 g/mol. The first-order chi connectivity index (χ1) is 34.6. The van der Waals surface area contributed by atoms with Crippen molar-refractivity contribution in [1.82, 2.24) is 13.4 Å². The van der Waals surface area contributed by atoms with E-state index in [-0.39, 0.29) is 16.2 Å². The molecule has 9 aromatic carbocycles. The first-order valence-corrected chi connectivity index (χ1v) is 25.7. The number of hydrogen-bond acceptors (Lipinski definition) is 1.